The fraction of sp³-hybridized carbons (Fsp3) is 0.333. The molecule has 0 heterocycles. The van der Waals surface area contributed by atoms with E-state index in [0.29, 0.717) is 19.8 Å². The molecule has 1 fully saturated rings. The van der Waals surface area contributed by atoms with E-state index in [1.165, 1.54) is 0 Å². The van der Waals surface area contributed by atoms with Crippen molar-refractivity contribution < 1.29 is 14.3 Å². The number of rotatable bonds is 9. The summed E-state index contributed by atoms with van der Waals surface area (Å²) in [5.41, 5.74) is 3.21. The second-order valence-corrected chi connectivity index (χ2v) is 6.57. The van der Waals surface area contributed by atoms with E-state index in [1.54, 1.807) is 0 Å². The zero-order chi connectivity index (χ0) is 18.2. The smallest absolute Gasteiger partial charge is 0.239 e. The molecule has 5 nitrogen and oxygen atoms in total. The lowest BCUT2D eigenvalue weighted by Crippen LogP contribution is -2.37. The zero-order valence-electron chi connectivity index (χ0n) is 14.7. The largest absolute Gasteiger partial charge is 0.372 e. The van der Waals surface area contributed by atoms with E-state index < -0.39 is 0 Å². The number of carbonyl (C=O) groups is 2. The first-order valence-corrected chi connectivity index (χ1v) is 8.94. The second kappa shape index (κ2) is 9.15. The van der Waals surface area contributed by atoms with Crippen LogP contribution in [0.15, 0.2) is 54.6 Å². The highest BCUT2D eigenvalue weighted by Gasteiger charge is 2.29. The number of benzene rings is 2. The molecule has 5 heteroatoms. The molecular weight excluding hydrogens is 328 g/mol. The van der Waals surface area contributed by atoms with Crippen LogP contribution in [-0.4, -0.2) is 18.4 Å². The molecule has 2 aromatic carbocycles. The van der Waals surface area contributed by atoms with Gasteiger partial charge in [0.2, 0.25) is 11.8 Å². The maximum Gasteiger partial charge on any atom is 0.239 e. The maximum atomic E-state index is 11.8. The van der Waals surface area contributed by atoms with Crippen molar-refractivity contribution in [2.75, 3.05) is 6.54 Å². The van der Waals surface area contributed by atoms with Crippen molar-refractivity contribution >= 4 is 11.8 Å². The molecule has 136 valence electrons. The third-order valence-electron chi connectivity index (χ3n) is 4.23. The molecule has 0 aliphatic heterocycles. The Bertz CT molecular complexity index is 742. The third-order valence-corrected chi connectivity index (χ3v) is 4.23. The van der Waals surface area contributed by atoms with Gasteiger partial charge in [-0.05, 0) is 29.5 Å². The fourth-order valence-electron chi connectivity index (χ4n) is 2.61. The van der Waals surface area contributed by atoms with Crippen LogP contribution in [0.5, 0.6) is 0 Å². The van der Waals surface area contributed by atoms with Gasteiger partial charge in [-0.3, -0.25) is 9.59 Å². The summed E-state index contributed by atoms with van der Waals surface area (Å²) in [7, 11) is 0. The van der Waals surface area contributed by atoms with Crippen molar-refractivity contribution in [1.29, 1.82) is 0 Å². The van der Waals surface area contributed by atoms with Crippen LogP contribution in [0, 0.1) is 5.92 Å². The van der Waals surface area contributed by atoms with E-state index in [1.807, 2.05) is 54.6 Å². The van der Waals surface area contributed by atoms with E-state index in [9.17, 15) is 9.59 Å². The molecule has 1 saturated carbocycles. The first kappa shape index (κ1) is 18.1. The van der Waals surface area contributed by atoms with Gasteiger partial charge in [0.25, 0.3) is 0 Å². The van der Waals surface area contributed by atoms with Gasteiger partial charge in [-0.15, -0.1) is 0 Å². The number of hydrogen-bond donors (Lipinski definition) is 2. The van der Waals surface area contributed by atoms with Crippen molar-refractivity contribution in [3.8, 4) is 0 Å². The Balaban J connectivity index is 1.39. The monoisotopic (exact) mass is 352 g/mol. The molecule has 26 heavy (non-hydrogen) atoms. The zero-order valence-corrected chi connectivity index (χ0v) is 14.7. The molecule has 0 spiro atoms. The summed E-state index contributed by atoms with van der Waals surface area (Å²) in [6.07, 6.45) is 1.87. The van der Waals surface area contributed by atoms with Crippen LogP contribution in [0.4, 0.5) is 0 Å². The van der Waals surface area contributed by atoms with Crippen LogP contribution in [0.25, 0.3) is 0 Å². The van der Waals surface area contributed by atoms with Crippen LogP contribution < -0.4 is 10.6 Å². The quantitative estimate of drug-likeness (QED) is 0.729. The van der Waals surface area contributed by atoms with Gasteiger partial charge < -0.3 is 15.4 Å². The average Bonchev–Trinajstić information content (AvgIpc) is 3.51. The van der Waals surface area contributed by atoms with Gasteiger partial charge >= 0.3 is 0 Å². The minimum absolute atomic E-state index is 0.0160. The Morgan fingerprint density at radius 2 is 1.58 bits per heavy atom. The van der Waals surface area contributed by atoms with E-state index >= 15 is 0 Å². The molecule has 2 N–H and O–H groups in total. The standard InChI is InChI=1S/C21H24N2O3/c24-20(13-23-21(25)19-9-10-19)22-12-17-7-4-8-18(11-17)15-26-14-16-5-2-1-3-6-16/h1-8,11,19H,9-10,12-15H2,(H,22,24)(H,23,25). The Kier molecular flexibility index (Phi) is 6.39. The summed E-state index contributed by atoms with van der Waals surface area (Å²) in [4.78, 5) is 23.4. The van der Waals surface area contributed by atoms with Crippen molar-refractivity contribution in [3.05, 3.63) is 71.3 Å². The number of hydrogen-bond acceptors (Lipinski definition) is 3. The highest BCUT2D eigenvalue weighted by Crippen LogP contribution is 2.28. The molecule has 0 radical (unpaired) electrons. The summed E-state index contributed by atoms with van der Waals surface area (Å²) >= 11 is 0. The molecule has 2 aromatic rings. The van der Waals surface area contributed by atoms with Crippen molar-refractivity contribution in [1.82, 2.24) is 10.6 Å². The SMILES string of the molecule is O=C(CNC(=O)C1CC1)NCc1cccc(COCc2ccccc2)c1. The lowest BCUT2D eigenvalue weighted by molar-refractivity contribution is -0.126. The molecule has 1 aliphatic rings. The highest BCUT2D eigenvalue weighted by atomic mass is 16.5. The molecule has 0 unspecified atom stereocenters. The second-order valence-electron chi connectivity index (χ2n) is 6.57. The first-order valence-electron chi connectivity index (χ1n) is 8.94. The molecule has 3 rings (SSSR count). The molecule has 0 aromatic heterocycles. The Hall–Kier alpha value is -2.66. The fourth-order valence-corrected chi connectivity index (χ4v) is 2.61. The predicted octanol–water partition coefficient (Wildman–Crippen LogP) is 2.55. The van der Waals surface area contributed by atoms with E-state index in [2.05, 4.69) is 10.6 Å². The van der Waals surface area contributed by atoms with Crippen LogP contribution >= 0.6 is 0 Å². The third kappa shape index (κ3) is 6.01. The minimum atomic E-state index is -0.176. The van der Waals surface area contributed by atoms with Crippen molar-refractivity contribution in [2.24, 2.45) is 5.92 Å². The summed E-state index contributed by atoms with van der Waals surface area (Å²) in [6.45, 7) is 1.57. The van der Waals surface area contributed by atoms with E-state index in [-0.39, 0.29) is 24.3 Å². The summed E-state index contributed by atoms with van der Waals surface area (Å²) in [6, 6.07) is 18.0. The summed E-state index contributed by atoms with van der Waals surface area (Å²) < 4.78 is 5.74. The number of amides is 2. The molecule has 0 bridgehead atoms. The first-order chi connectivity index (χ1) is 12.7. The molecule has 0 atom stereocenters. The van der Waals surface area contributed by atoms with Crippen molar-refractivity contribution in [2.45, 2.75) is 32.6 Å². The van der Waals surface area contributed by atoms with Crippen LogP contribution in [-0.2, 0) is 34.1 Å². The van der Waals surface area contributed by atoms with Gasteiger partial charge in [-0.25, -0.2) is 0 Å². The van der Waals surface area contributed by atoms with Crippen molar-refractivity contribution in [3.63, 3.8) is 0 Å². The topological polar surface area (TPSA) is 67.4 Å². The molecule has 1 aliphatic carbocycles. The molecular formula is C21H24N2O3. The van der Waals surface area contributed by atoms with Gasteiger partial charge in [0.15, 0.2) is 0 Å². The highest BCUT2D eigenvalue weighted by molar-refractivity contribution is 5.86. The number of ether oxygens (including phenoxy) is 1. The number of carbonyl (C=O) groups excluding carboxylic acids is 2. The van der Waals surface area contributed by atoms with Gasteiger partial charge in [0, 0.05) is 12.5 Å². The Morgan fingerprint density at radius 3 is 2.35 bits per heavy atom. The predicted molar refractivity (Wildman–Crippen MR) is 99.0 cm³/mol. The minimum Gasteiger partial charge on any atom is -0.372 e. The lowest BCUT2D eigenvalue weighted by atomic mass is 10.1. The van der Waals surface area contributed by atoms with E-state index in [0.717, 1.165) is 29.5 Å². The summed E-state index contributed by atoms with van der Waals surface area (Å²) in [5.74, 6) is -0.0715. The van der Waals surface area contributed by atoms with Gasteiger partial charge in [-0.1, -0.05) is 54.6 Å². The maximum absolute atomic E-state index is 11.8. The van der Waals surface area contributed by atoms with E-state index in [4.69, 9.17) is 4.74 Å². The molecule has 0 saturated heterocycles. The average molecular weight is 352 g/mol. The van der Waals surface area contributed by atoms with Crippen LogP contribution in [0.2, 0.25) is 0 Å². The van der Waals surface area contributed by atoms with Crippen LogP contribution in [0.3, 0.4) is 0 Å². The summed E-state index contributed by atoms with van der Waals surface area (Å²) in [5, 5.41) is 5.49. The lowest BCUT2D eigenvalue weighted by Gasteiger charge is -2.09. The van der Waals surface area contributed by atoms with Crippen LogP contribution in [0.1, 0.15) is 29.5 Å². The van der Waals surface area contributed by atoms with Gasteiger partial charge in [0.1, 0.15) is 0 Å². The van der Waals surface area contributed by atoms with Gasteiger partial charge in [-0.2, -0.15) is 0 Å². The normalized spacial score (nSPS) is 13.2. The molecule has 2 amide bonds. The number of nitrogens with one attached hydrogen (secondary N) is 2. The van der Waals surface area contributed by atoms with Gasteiger partial charge in [0.05, 0.1) is 19.8 Å². The Labute approximate surface area is 153 Å². The Morgan fingerprint density at radius 1 is 0.885 bits per heavy atom.